The largest absolute Gasteiger partial charge is 0.425 e. The molecule has 0 aromatic carbocycles. The fourth-order valence-electron chi connectivity index (χ4n) is 2.56. The lowest BCUT2D eigenvalue weighted by Gasteiger charge is -2.33. The third-order valence-electron chi connectivity index (χ3n) is 3.73. The molecule has 0 saturated carbocycles. The van der Waals surface area contributed by atoms with Gasteiger partial charge in [-0.25, -0.2) is 12.7 Å². The van der Waals surface area contributed by atoms with Crippen LogP contribution in [0, 0.1) is 0 Å². The molecule has 0 radical (unpaired) electrons. The van der Waals surface area contributed by atoms with Gasteiger partial charge in [0.05, 0.1) is 5.25 Å². The predicted molar refractivity (Wildman–Crippen MR) is 80.2 cm³/mol. The van der Waals surface area contributed by atoms with Crippen LogP contribution < -0.4 is 0 Å². The third kappa shape index (κ3) is 4.01. The van der Waals surface area contributed by atoms with E-state index >= 15 is 0 Å². The summed E-state index contributed by atoms with van der Waals surface area (Å²) in [5.74, 6) is 0. The normalized spacial score (nSPS) is 21.5. The second kappa shape index (κ2) is 6.46. The van der Waals surface area contributed by atoms with Crippen molar-refractivity contribution in [1.82, 2.24) is 9.21 Å². The van der Waals surface area contributed by atoms with Gasteiger partial charge in [-0.1, -0.05) is 0 Å². The molecule has 1 aliphatic heterocycles. The molecule has 126 valence electrons. The topological polar surface area (TPSA) is 40.6 Å². The van der Waals surface area contributed by atoms with Crippen LogP contribution in [-0.2, 0) is 22.7 Å². The summed E-state index contributed by atoms with van der Waals surface area (Å²) < 4.78 is 63.4. The van der Waals surface area contributed by atoms with Crippen molar-refractivity contribution in [3.8, 4) is 0 Å². The Morgan fingerprint density at radius 3 is 2.64 bits per heavy atom. The number of alkyl halides is 3. The van der Waals surface area contributed by atoms with Crippen LogP contribution in [0.15, 0.2) is 11.4 Å². The van der Waals surface area contributed by atoms with Crippen LogP contribution in [0.25, 0.3) is 0 Å². The zero-order valence-electron chi connectivity index (χ0n) is 12.4. The molecular weight excluding hydrogens is 337 g/mol. The SMILES string of the molecule is CN(C)S(=O)(=O)C1CCCN(Cc2csc(C(F)(F)F)c2)C1. The number of thiophene rings is 1. The molecule has 1 unspecified atom stereocenters. The van der Waals surface area contributed by atoms with Gasteiger partial charge in [0.15, 0.2) is 0 Å². The highest BCUT2D eigenvalue weighted by molar-refractivity contribution is 7.89. The van der Waals surface area contributed by atoms with Crippen LogP contribution in [0.2, 0.25) is 0 Å². The van der Waals surface area contributed by atoms with E-state index in [1.54, 1.807) is 0 Å². The van der Waals surface area contributed by atoms with Crippen LogP contribution in [-0.4, -0.2) is 50.1 Å². The minimum Gasteiger partial charge on any atom is -0.298 e. The van der Waals surface area contributed by atoms with E-state index in [2.05, 4.69) is 0 Å². The van der Waals surface area contributed by atoms with Crippen LogP contribution >= 0.6 is 11.3 Å². The number of hydrogen-bond donors (Lipinski definition) is 0. The molecule has 22 heavy (non-hydrogen) atoms. The van der Waals surface area contributed by atoms with Crippen molar-refractivity contribution in [2.45, 2.75) is 30.8 Å². The minimum atomic E-state index is -4.32. The number of hydrogen-bond acceptors (Lipinski definition) is 4. The minimum absolute atomic E-state index is 0.353. The summed E-state index contributed by atoms with van der Waals surface area (Å²) in [6.07, 6.45) is -3.00. The van der Waals surface area contributed by atoms with Crippen LogP contribution in [0.5, 0.6) is 0 Å². The van der Waals surface area contributed by atoms with E-state index in [1.807, 2.05) is 4.90 Å². The van der Waals surface area contributed by atoms with E-state index in [0.29, 0.717) is 43.0 Å². The van der Waals surface area contributed by atoms with Crippen molar-refractivity contribution in [3.63, 3.8) is 0 Å². The second-order valence-corrected chi connectivity index (χ2v) is 8.98. The smallest absolute Gasteiger partial charge is 0.298 e. The van der Waals surface area contributed by atoms with Gasteiger partial charge in [0.25, 0.3) is 0 Å². The van der Waals surface area contributed by atoms with E-state index in [0.717, 1.165) is 12.5 Å². The Morgan fingerprint density at radius 2 is 2.09 bits per heavy atom. The molecule has 2 rings (SSSR count). The highest BCUT2D eigenvalue weighted by Gasteiger charge is 2.34. The number of sulfonamides is 1. The fraction of sp³-hybridized carbons (Fsp3) is 0.692. The van der Waals surface area contributed by atoms with Crippen molar-refractivity contribution in [2.24, 2.45) is 0 Å². The molecular formula is C13H19F3N2O2S2. The molecule has 0 spiro atoms. The molecule has 0 N–H and O–H groups in total. The summed E-state index contributed by atoms with van der Waals surface area (Å²) in [6, 6.07) is 1.15. The molecule has 1 saturated heterocycles. The first kappa shape index (κ1) is 17.7. The Balaban J connectivity index is 2.03. The standard InChI is InChI=1S/C13H19F3N2O2S2/c1-17(2)22(19,20)11-4-3-5-18(8-11)7-10-6-12(21-9-10)13(14,15)16/h6,9,11H,3-5,7-8H2,1-2H3. The first-order valence-electron chi connectivity index (χ1n) is 6.89. The zero-order chi connectivity index (χ0) is 16.5. The van der Waals surface area contributed by atoms with Crippen LogP contribution in [0.3, 0.4) is 0 Å². The molecule has 0 amide bonds. The highest BCUT2D eigenvalue weighted by Crippen LogP contribution is 2.34. The van der Waals surface area contributed by atoms with Gasteiger partial charge < -0.3 is 0 Å². The number of nitrogens with zero attached hydrogens (tertiary/aromatic N) is 2. The molecule has 0 bridgehead atoms. The quantitative estimate of drug-likeness (QED) is 0.833. The van der Waals surface area contributed by atoms with Crippen molar-refractivity contribution in [1.29, 1.82) is 0 Å². The number of rotatable bonds is 4. The Morgan fingerprint density at radius 1 is 1.41 bits per heavy atom. The van der Waals surface area contributed by atoms with Crippen molar-refractivity contribution >= 4 is 21.4 Å². The Labute approximate surface area is 132 Å². The number of halogens is 3. The van der Waals surface area contributed by atoms with Crippen LogP contribution in [0.1, 0.15) is 23.3 Å². The van der Waals surface area contributed by atoms with E-state index in [4.69, 9.17) is 0 Å². The maximum Gasteiger partial charge on any atom is 0.425 e. The van der Waals surface area contributed by atoms with Gasteiger partial charge in [-0.2, -0.15) is 13.2 Å². The fourth-order valence-corrected chi connectivity index (χ4v) is 4.80. The Kier molecular flexibility index (Phi) is 5.20. The summed E-state index contributed by atoms with van der Waals surface area (Å²) in [6.45, 7) is 1.42. The maximum absolute atomic E-state index is 12.6. The number of piperidine rings is 1. The van der Waals surface area contributed by atoms with Crippen LogP contribution in [0.4, 0.5) is 13.2 Å². The van der Waals surface area contributed by atoms with Gasteiger partial charge in [-0.15, -0.1) is 11.3 Å². The monoisotopic (exact) mass is 356 g/mol. The second-order valence-electron chi connectivity index (χ2n) is 5.64. The summed E-state index contributed by atoms with van der Waals surface area (Å²) in [4.78, 5) is 1.30. The molecule has 0 aliphatic carbocycles. The highest BCUT2D eigenvalue weighted by atomic mass is 32.2. The molecule has 2 heterocycles. The van der Waals surface area contributed by atoms with E-state index in [9.17, 15) is 21.6 Å². The van der Waals surface area contributed by atoms with Gasteiger partial charge in [-0.3, -0.25) is 4.90 Å². The van der Waals surface area contributed by atoms with Gasteiger partial charge in [0, 0.05) is 27.2 Å². The zero-order valence-corrected chi connectivity index (χ0v) is 14.1. The third-order valence-corrected chi connectivity index (χ3v) is 7.00. The first-order chi connectivity index (χ1) is 10.1. The molecule has 1 aliphatic rings. The molecule has 9 heteroatoms. The van der Waals surface area contributed by atoms with Gasteiger partial charge in [-0.05, 0) is 36.4 Å². The van der Waals surface area contributed by atoms with Gasteiger partial charge in [0.2, 0.25) is 10.0 Å². The summed E-state index contributed by atoms with van der Waals surface area (Å²) >= 11 is 0.678. The summed E-state index contributed by atoms with van der Waals surface area (Å²) in [7, 11) is -0.323. The van der Waals surface area contributed by atoms with E-state index < -0.39 is 26.3 Å². The first-order valence-corrected chi connectivity index (χ1v) is 9.27. The molecule has 1 fully saturated rings. The lowest BCUT2D eigenvalue weighted by Crippen LogP contribution is -2.45. The van der Waals surface area contributed by atoms with E-state index in [-0.39, 0.29) is 0 Å². The summed E-state index contributed by atoms with van der Waals surface area (Å²) in [5.41, 5.74) is 0.584. The van der Waals surface area contributed by atoms with Gasteiger partial charge in [0.1, 0.15) is 4.88 Å². The van der Waals surface area contributed by atoms with Crippen molar-refractivity contribution in [3.05, 3.63) is 21.9 Å². The summed E-state index contributed by atoms with van der Waals surface area (Å²) in [5, 5.41) is 1.00. The lowest BCUT2D eigenvalue weighted by molar-refractivity contribution is -0.134. The molecule has 1 atom stereocenters. The molecule has 1 aromatic rings. The molecule has 1 aromatic heterocycles. The van der Waals surface area contributed by atoms with Crippen molar-refractivity contribution < 1.29 is 21.6 Å². The lowest BCUT2D eigenvalue weighted by atomic mass is 10.1. The van der Waals surface area contributed by atoms with E-state index in [1.165, 1.54) is 23.8 Å². The Hall–Kier alpha value is -0.640. The Bertz CT molecular complexity index is 611. The molecule has 4 nitrogen and oxygen atoms in total. The predicted octanol–water partition coefficient (Wildman–Crippen LogP) is 2.62. The van der Waals surface area contributed by atoms with Crippen molar-refractivity contribution in [2.75, 3.05) is 27.2 Å². The maximum atomic E-state index is 12.6. The van der Waals surface area contributed by atoms with Gasteiger partial charge >= 0.3 is 6.18 Å². The average molecular weight is 356 g/mol. The average Bonchev–Trinajstić information content (AvgIpc) is 2.87. The number of likely N-dealkylation sites (tertiary alicyclic amines) is 1.